The second-order valence-electron chi connectivity index (χ2n) is 2.10. The van der Waals surface area contributed by atoms with Crippen LogP contribution < -0.4 is 0 Å². The second-order valence-corrected chi connectivity index (χ2v) is 2.10. The van der Waals surface area contributed by atoms with E-state index in [2.05, 4.69) is 15.4 Å². The minimum Gasteiger partial charge on any atom is -0.251 e. The molecule has 1 aromatic rings. The molecule has 1 heterocycles. The van der Waals surface area contributed by atoms with Crippen LogP contribution in [0.25, 0.3) is 0 Å². The first-order valence-corrected chi connectivity index (χ1v) is 3.11. The van der Waals surface area contributed by atoms with Gasteiger partial charge in [-0.3, -0.25) is 30.3 Å². The van der Waals surface area contributed by atoms with E-state index in [1.807, 2.05) is 0 Å². The van der Waals surface area contributed by atoms with Crippen LogP contribution in [0.5, 0.6) is 0 Å². The molecule has 0 N–H and O–H groups in total. The highest BCUT2D eigenvalue weighted by Gasteiger charge is 2.76. The molecule has 0 aliphatic carbocycles. The third-order valence-electron chi connectivity index (χ3n) is 1.35. The van der Waals surface area contributed by atoms with Crippen molar-refractivity contribution in [2.24, 2.45) is 0 Å². The highest BCUT2D eigenvalue weighted by atomic mass is 16.7. The van der Waals surface area contributed by atoms with Crippen LogP contribution in [-0.4, -0.2) is 35.0 Å². The first kappa shape index (κ1) is 10.4. The van der Waals surface area contributed by atoms with E-state index >= 15 is 0 Å². The molecule has 0 bridgehead atoms. The van der Waals surface area contributed by atoms with Gasteiger partial charge in [0.1, 0.15) is 0 Å². The van der Waals surface area contributed by atoms with Gasteiger partial charge in [0.15, 0.2) is 6.33 Å². The van der Waals surface area contributed by atoms with Gasteiger partial charge in [0.25, 0.3) is 0 Å². The number of tetrazole rings is 1. The normalized spacial score (nSPS) is 10.9. The average Bonchev–Trinajstić information content (AvgIpc) is 2.55. The van der Waals surface area contributed by atoms with Crippen LogP contribution in [0, 0.1) is 30.3 Å². The fourth-order valence-electron chi connectivity index (χ4n) is 0.724. The zero-order valence-electron chi connectivity index (χ0n) is 6.66. The molecule has 13 nitrogen and oxygen atoms in total. The molecule has 0 radical (unpaired) electrons. The zero-order valence-corrected chi connectivity index (χ0v) is 6.66. The topological polar surface area (TPSA) is 173 Å². The molecule has 0 aromatic carbocycles. The molecule has 0 atom stereocenters. The van der Waals surface area contributed by atoms with Crippen molar-refractivity contribution in [3.05, 3.63) is 36.7 Å². The third kappa shape index (κ3) is 1.21. The van der Waals surface area contributed by atoms with Gasteiger partial charge in [0.2, 0.25) is 14.8 Å². The third-order valence-corrected chi connectivity index (χ3v) is 1.35. The standard InChI is InChI=1S/C2HN7O6/c10-7(11)2(8(12)13,9(14)15)6-4-1-3-5-6/h1H. The summed E-state index contributed by atoms with van der Waals surface area (Å²) in [6, 6.07) is 0. The van der Waals surface area contributed by atoms with Gasteiger partial charge in [-0.1, -0.05) is 0 Å². The molecule has 0 fully saturated rings. The van der Waals surface area contributed by atoms with E-state index in [0.29, 0.717) is 6.33 Å². The molecule has 0 spiro atoms. The van der Waals surface area contributed by atoms with E-state index in [1.165, 1.54) is 0 Å². The van der Waals surface area contributed by atoms with E-state index in [0.717, 1.165) is 0 Å². The number of nitro groups is 3. The van der Waals surface area contributed by atoms with Crippen LogP contribution in [0.4, 0.5) is 0 Å². The molecule has 0 saturated carbocycles. The minimum atomic E-state index is -3.88. The number of hydrogen-bond donors (Lipinski definition) is 0. The molecule has 80 valence electrons. The molecule has 0 aliphatic rings. The van der Waals surface area contributed by atoms with Gasteiger partial charge >= 0.3 is 5.91 Å². The van der Waals surface area contributed by atoms with Crippen molar-refractivity contribution in [3.63, 3.8) is 0 Å². The summed E-state index contributed by atoms with van der Waals surface area (Å²) in [5.41, 5.74) is 0. The Morgan fingerprint density at radius 1 is 1.07 bits per heavy atom. The summed E-state index contributed by atoms with van der Waals surface area (Å²) in [6.07, 6.45) is 0.602. The zero-order chi connectivity index (χ0) is 11.6. The predicted octanol–water partition coefficient (Wildman–Crippen LogP) is -1.93. The molecular formula is C2HN7O6. The molecule has 13 heteroatoms. The Bertz CT molecular complexity index is 373. The molecule has 0 unspecified atom stereocenters. The maximum atomic E-state index is 10.4. The summed E-state index contributed by atoms with van der Waals surface area (Å²) >= 11 is 0. The van der Waals surface area contributed by atoms with Crippen molar-refractivity contribution < 1.29 is 14.8 Å². The van der Waals surface area contributed by atoms with Gasteiger partial charge in [-0.15, -0.1) is 10.2 Å². The fraction of sp³-hybridized carbons (Fsp3) is 0.500. The molecule has 1 rings (SSSR count). The van der Waals surface area contributed by atoms with E-state index in [1.54, 1.807) is 0 Å². The van der Waals surface area contributed by atoms with Crippen molar-refractivity contribution in [3.8, 4) is 0 Å². The summed E-state index contributed by atoms with van der Waals surface area (Å²) < 4.78 is 0. The lowest BCUT2D eigenvalue weighted by Gasteiger charge is -2.04. The Balaban J connectivity index is 3.47. The summed E-state index contributed by atoms with van der Waals surface area (Å²) in [5.74, 6) is -3.88. The van der Waals surface area contributed by atoms with Crippen LogP contribution in [0.2, 0.25) is 0 Å². The Morgan fingerprint density at radius 3 is 1.80 bits per heavy atom. The predicted molar refractivity (Wildman–Crippen MR) is 36.8 cm³/mol. The van der Waals surface area contributed by atoms with E-state index in [-0.39, 0.29) is 4.80 Å². The molecule has 0 aliphatic heterocycles. The number of hydrogen-bond acceptors (Lipinski definition) is 9. The SMILES string of the molecule is O=[N+]([O-])C(n1ncnn1)([N+](=O)[O-])[N+](=O)[O-]. The lowest BCUT2D eigenvalue weighted by atomic mass is 10.7. The Kier molecular flexibility index (Phi) is 2.21. The van der Waals surface area contributed by atoms with E-state index in [9.17, 15) is 30.3 Å². The molecular weight excluding hydrogens is 218 g/mol. The summed E-state index contributed by atoms with van der Waals surface area (Å²) in [6.45, 7) is 0. The van der Waals surface area contributed by atoms with Crippen LogP contribution >= 0.6 is 0 Å². The average molecular weight is 219 g/mol. The highest BCUT2D eigenvalue weighted by molar-refractivity contribution is 4.46. The molecule has 0 saturated heterocycles. The van der Waals surface area contributed by atoms with Crippen LogP contribution in [0.3, 0.4) is 0 Å². The fourth-order valence-corrected chi connectivity index (χ4v) is 0.724. The maximum absolute atomic E-state index is 10.4. The maximum Gasteiger partial charge on any atom is 0.837 e. The van der Waals surface area contributed by atoms with Gasteiger partial charge in [0.05, 0.1) is 4.80 Å². The van der Waals surface area contributed by atoms with Crippen molar-refractivity contribution in [1.29, 1.82) is 0 Å². The smallest absolute Gasteiger partial charge is 0.251 e. The van der Waals surface area contributed by atoms with E-state index < -0.39 is 20.7 Å². The largest absolute Gasteiger partial charge is 0.837 e. The summed E-state index contributed by atoms with van der Waals surface area (Å²) in [7, 11) is 0. The van der Waals surface area contributed by atoms with Gasteiger partial charge in [-0.2, -0.15) is 0 Å². The number of nitrogens with zero attached hydrogens (tertiary/aromatic N) is 7. The van der Waals surface area contributed by atoms with Gasteiger partial charge in [-0.25, -0.2) is 0 Å². The Labute approximate surface area is 78.7 Å². The lowest BCUT2D eigenvalue weighted by Crippen LogP contribution is -2.56. The van der Waals surface area contributed by atoms with Crippen molar-refractivity contribution in [2.75, 3.05) is 0 Å². The minimum absolute atomic E-state index is 0.299. The van der Waals surface area contributed by atoms with Crippen molar-refractivity contribution >= 4 is 0 Å². The van der Waals surface area contributed by atoms with Crippen molar-refractivity contribution in [2.45, 2.75) is 5.91 Å². The molecule has 0 amide bonds. The molecule has 15 heavy (non-hydrogen) atoms. The second kappa shape index (κ2) is 3.20. The monoisotopic (exact) mass is 219 g/mol. The Morgan fingerprint density at radius 2 is 1.53 bits per heavy atom. The van der Waals surface area contributed by atoms with Crippen molar-refractivity contribution in [1.82, 2.24) is 20.2 Å². The number of rotatable bonds is 4. The summed E-state index contributed by atoms with van der Waals surface area (Å²) in [4.78, 5) is 25.7. The summed E-state index contributed by atoms with van der Waals surface area (Å²) in [5, 5.41) is 39.8. The van der Waals surface area contributed by atoms with E-state index in [4.69, 9.17) is 0 Å². The first-order valence-electron chi connectivity index (χ1n) is 3.11. The van der Waals surface area contributed by atoms with Crippen LogP contribution in [0.15, 0.2) is 6.33 Å². The van der Waals surface area contributed by atoms with Gasteiger partial charge in [0, 0.05) is 0 Å². The molecule has 1 aromatic heterocycles. The first-order chi connectivity index (χ1) is 6.94. The quantitative estimate of drug-likeness (QED) is 0.317. The lowest BCUT2D eigenvalue weighted by molar-refractivity contribution is -1.01. The highest BCUT2D eigenvalue weighted by Crippen LogP contribution is 2.15. The van der Waals surface area contributed by atoms with Crippen LogP contribution in [0.1, 0.15) is 0 Å². The van der Waals surface area contributed by atoms with Gasteiger partial charge in [-0.05, 0) is 5.21 Å². The number of aromatic nitrogens is 4. The van der Waals surface area contributed by atoms with Gasteiger partial charge < -0.3 is 0 Å². The van der Waals surface area contributed by atoms with Crippen LogP contribution in [-0.2, 0) is 5.91 Å². The Hall–Kier alpha value is -2.73.